The quantitative estimate of drug-likeness (QED) is 0.666. The summed E-state index contributed by atoms with van der Waals surface area (Å²) in [6, 6.07) is 0. The number of ether oxygens (including phenoxy) is 1. The lowest BCUT2D eigenvalue weighted by atomic mass is 9.67. The number of hydrogen-bond donors (Lipinski definition) is 0. The smallest absolute Gasteiger partial charge is 0.410 e. The van der Waals surface area contributed by atoms with Crippen molar-refractivity contribution in [1.29, 1.82) is 0 Å². The molecule has 2 aliphatic rings. The normalized spacial score (nSPS) is 32.3. The minimum Gasteiger partial charge on any atom is -0.444 e. The van der Waals surface area contributed by atoms with Gasteiger partial charge in [-0.3, -0.25) is 4.79 Å². The molecule has 2 unspecified atom stereocenters. The Kier molecular flexibility index (Phi) is 3.16. The van der Waals surface area contributed by atoms with E-state index < -0.39 is 5.60 Å². The SMILES string of the molecule is CC(C)(C)OC(=O)N1CC2CCCC(C)(C1)C2=O. The second-order valence-corrected chi connectivity index (χ2v) is 6.87. The number of amides is 1. The Labute approximate surface area is 109 Å². The zero-order valence-corrected chi connectivity index (χ0v) is 11.8. The molecule has 1 saturated carbocycles. The summed E-state index contributed by atoms with van der Waals surface area (Å²) < 4.78 is 5.40. The van der Waals surface area contributed by atoms with Crippen molar-refractivity contribution in [3.8, 4) is 0 Å². The molecule has 1 amide bonds. The Morgan fingerprint density at radius 1 is 1.44 bits per heavy atom. The number of likely N-dealkylation sites (tertiary alicyclic amines) is 1. The van der Waals surface area contributed by atoms with Crippen LogP contribution >= 0.6 is 0 Å². The van der Waals surface area contributed by atoms with Gasteiger partial charge in [-0.15, -0.1) is 0 Å². The molecule has 0 radical (unpaired) electrons. The highest BCUT2D eigenvalue weighted by Gasteiger charge is 2.48. The van der Waals surface area contributed by atoms with Crippen LogP contribution in [0.15, 0.2) is 0 Å². The number of hydrogen-bond acceptors (Lipinski definition) is 3. The molecule has 1 aliphatic carbocycles. The van der Waals surface area contributed by atoms with Gasteiger partial charge in [0.05, 0.1) is 0 Å². The van der Waals surface area contributed by atoms with E-state index >= 15 is 0 Å². The second-order valence-electron chi connectivity index (χ2n) is 6.87. The van der Waals surface area contributed by atoms with Gasteiger partial charge in [-0.05, 0) is 33.6 Å². The highest BCUT2D eigenvalue weighted by molar-refractivity contribution is 5.90. The maximum Gasteiger partial charge on any atom is 0.410 e. The average Bonchev–Trinajstić information content (AvgIpc) is 2.18. The van der Waals surface area contributed by atoms with Crippen LogP contribution in [0.3, 0.4) is 0 Å². The Morgan fingerprint density at radius 3 is 2.67 bits per heavy atom. The number of Topliss-reactive ketones (excluding diaryl/α,β-unsaturated/α-hetero) is 1. The van der Waals surface area contributed by atoms with Crippen LogP contribution in [0.4, 0.5) is 4.79 Å². The van der Waals surface area contributed by atoms with E-state index in [4.69, 9.17) is 4.74 Å². The summed E-state index contributed by atoms with van der Waals surface area (Å²) in [4.78, 5) is 26.0. The molecule has 2 fully saturated rings. The van der Waals surface area contributed by atoms with Gasteiger partial charge >= 0.3 is 6.09 Å². The Bertz CT molecular complexity index is 372. The number of piperidine rings is 1. The molecule has 2 atom stereocenters. The molecule has 0 N–H and O–H groups in total. The summed E-state index contributed by atoms with van der Waals surface area (Å²) in [6.07, 6.45) is 2.61. The fourth-order valence-electron chi connectivity index (χ4n) is 3.03. The summed E-state index contributed by atoms with van der Waals surface area (Å²) in [5.74, 6) is 0.360. The molecule has 4 heteroatoms. The molecule has 0 spiro atoms. The van der Waals surface area contributed by atoms with Crippen molar-refractivity contribution in [1.82, 2.24) is 4.90 Å². The van der Waals surface area contributed by atoms with Crippen molar-refractivity contribution >= 4 is 11.9 Å². The number of carbonyl (C=O) groups excluding carboxylic acids is 2. The average molecular weight is 253 g/mol. The van der Waals surface area contributed by atoms with E-state index in [-0.39, 0.29) is 17.4 Å². The van der Waals surface area contributed by atoms with Crippen LogP contribution in [0.25, 0.3) is 0 Å². The molecule has 2 rings (SSSR count). The highest BCUT2D eigenvalue weighted by Crippen LogP contribution is 2.40. The first-order valence-electron chi connectivity index (χ1n) is 6.73. The van der Waals surface area contributed by atoms with Crippen molar-refractivity contribution < 1.29 is 14.3 Å². The van der Waals surface area contributed by atoms with Gasteiger partial charge in [0.1, 0.15) is 11.4 Å². The van der Waals surface area contributed by atoms with Crippen molar-refractivity contribution in [3.05, 3.63) is 0 Å². The van der Waals surface area contributed by atoms with E-state index in [0.717, 1.165) is 19.3 Å². The first-order valence-corrected chi connectivity index (χ1v) is 6.73. The molecule has 18 heavy (non-hydrogen) atoms. The molecular weight excluding hydrogens is 230 g/mol. The van der Waals surface area contributed by atoms with Gasteiger partial charge in [-0.2, -0.15) is 0 Å². The van der Waals surface area contributed by atoms with Crippen molar-refractivity contribution in [2.24, 2.45) is 11.3 Å². The van der Waals surface area contributed by atoms with Gasteiger partial charge < -0.3 is 9.64 Å². The van der Waals surface area contributed by atoms with Crippen LogP contribution in [0.1, 0.15) is 47.0 Å². The van der Waals surface area contributed by atoms with Crippen molar-refractivity contribution in [3.63, 3.8) is 0 Å². The molecule has 0 aromatic rings. The number of fused-ring (bicyclic) bond motifs is 2. The van der Waals surface area contributed by atoms with Gasteiger partial charge in [0.15, 0.2) is 0 Å². The summed E-state index contributed by atoms with van der Waals surface area (Å²) in [6.45, 7) is 8.62. The van der Waals surface area contributed by atoms with E-state index in [1.165, 1.54) is 0 Å². The second kappa shape index (κ2) is 4.25. The van der Waals surface area contributed by atoms with Crippen LogP contribution in [-0.2, 0) is 9.53 Å². The lowest BCUT2D eigenvalue weighted by Crippen LogP contribution is -2.57. The van der Waals surface area contributed by atoms with E-state index in [0.29, 0.717) is 18.9 Å². The zero-order chi connectivity index (χ0) is 13.6. The number of nitrogens with zero attached hydrogens (tertiary/aromatic N) is 1. The molecule has 102 valence electrons. The maximum atomic E-state index is 12.2. The van der Waals surface area contributed by atoms with Gasteiger partial charge in [-0.25, -0.2) is 4.79 Å². The highest BCUT2D eigenvalue weighted by atomic mass is 16.6. The summed E-state index contributed by atoms with van der Waals surface area (Å²) in [5.41, 5.74) is -0.827. The van der Waals surface area contributed by atoms with E-state index in [9.17, 15) is 9.59 Å². The Hall–Kier alpha value is -1.06. The van der Waals surface area contributed by atoms with E-state index in [2.05, 4.69) is 0 Å². The van der Waals surface area contributed by atoms with Crippen LogP contribution < -0.4 is 0 Å². The largest absolute Gasteiger partial charge is 0.444 e. The Balaban J connectivity index is 2.09. The molecule has 1 aliphatic heterocycles. The number of rotatable bonds is 0. The third kappa shape index (κ3) is 2.52. The fourth-order valence-corrected chi connectivity index (χ4v) is 3.03. The lowest BCUT2D eigenvalue weighted by Gasteiger charge is -2.46. The van der Waals surface area contributed by atoms with Gasteiger partial charge in [0.25, 0.3) is 0 Å². The first kappa shape index (κ1) is 13.4. The molecular formula is C14H23NO3. The van der Waals surface area contributed by atoms with Crippen LogP contribution in [0, 0.1) is 11.3 Å². The minimum atomic E-state index is -0.478. The molecule has 0 aromatic carbocycles. The van der Waals surface area contributed by atoms with Crippen molar-refractivity contribution in [2.45, 2.75) is 52.6 Å². The molecule has 0 aromatic heterocycles. The molecule has 2 bridgehead atoms. The van der Waals surface area contributed by atoms with Crippen molar-refractivity contribution in [2.75, 3.05) is 13.1 Å². The van der Waals surface area contributed by atoms with Gasteiger partial charge in [0, 0.05) is 24.4 Å². The molecule has 4 nitrogen and oxygen atoms in total. The lowest BCUT2D eigenvalue weighted by molar-refractivity contribution is -0.142. The summed E-state index contributed by atoms with van der Waals surface area (Å²) in [7, 11) is 0. The third-order valence-electron chi connectivity index (χ3n) is 3.88. The van der Waals surface area contributed by atoms with Crippen LogP contribution in [0.5, 0.6) is 0 Å². The van der Waals surface area contributed by atoms with Gasteiger partial charge in [0.2, 0.25) is 0 Å². The summed E-state index contributed by atoms with van der Waals surface area (Å²) >= 11 is 0. The maximum absolute atomic E-state index is 12.2. The van der Waals surface area contributed by atoms with E-state index in [1.54, 1.807) is 4.90 Å². The fraction of sp³-hybridized carbons (Fsp3) is 0.857. The minimum absolute atomic E-state index is 0.0185. The first-order chi connectivity index (χ1) is 8.21. The number of carbonyl (C=O) groups is 2. The standard InChI is InChI=1S/C14H23NO3/c1-13(2,3)18-12(17)15-8-10-6-5-7-14(4,9-15)11(10)16/h10H,5-9H2,1-4H3. The van der Waals surface area contributed by atoms with E-state index in [1.807, 2.05) is 27.7 Å². The predicted octanol–water partition coefficient (Wildman–Crippen LogP) is 2.61. The van der Waals surface area contributed by atoms with Crippen LogP contribution in [0.2, 0.25) is 0 Å². The Morgan fingerprint density at radius 2 is 2.11 bits per heavy atom. The topological polar surface area (TPSA) is 46.6 Å². The predicted molar refractivity (Wildman–Crippen MR) is 68.3 cm³/mol. The zero-order valence-electron chi connectivity index (χ0n) is 11.8. The number of ketones is 1. The van der Waals surface area contributed by atoms with Gasteiger partial charge in [-0.1, -0.05) is 13.3 Å². The molecule has 1 heterocycles. The van der Waals surface area contributed by atoms with Crippen LogP contribution in [-0.4, -0.2) is 35.5 Å². The molecule has 1 saturated heterocycles. The third-order valence-corrected chi connectivity index (χ3v) is 3.88. The summed E-state index contributed by atoms with van der Waals surface area (Å²) in [5, 5.41) is 0. The monoisotopic (exact) mass is 253 g/mol.